The SMILES string of the molecule is CCOCCc1nc2c(c(NN)n1)COCC2. The predicted octanol–water partition coefficient (Wildman–Crippen LogP) is 0.414. The number of rotatable bonds is 5. The second-order valence-electron chi connectivity index (χ2n) is 3.81. The van der Waals surface area contributed by atoms with Crippen LogP contribution in [0.3, 0.4) is 0 Å². The molecule has 0 amide bonds. The van der Waals surface area contributed by atoms with Crippen LogP contribution in [0.4, 0.5) is 5.82 Å². The van der Waals surface area contributed by atoms with E-state index in [1.807, 2.05) is 6.92 Å². The van der Waals surface area contributed by atoms with Crippen LogP contribution in [0.15, 0.2) is 0 Å². The first kappa shape index (κ1) is 12.2. The first-order valence-corrected chi connectivity index (χ1v) is 5.86. The summed E-state index contributed by atoms with van der Waals surface area (Å²) in [5, 5.41) is 0. The molecule has 0 radical (unpaired) electrons. The molecule has 0 aliphatic carbocycles. The van der Waals surface area contributed by atoms with Crippen LogP contribution in [0, 0.1) is 0 Å². The van der Waals surface area contributed by atoms with Gasteiger partial charge in [-0.25, -0.2) is 15.8 Å². The molecule has 0 unspecified atom stereocenters. The lowest BCUT2D eigenvalue weighted by Gasteiger charge is -2.19. The Morgan fingerprint density at radius 3 is 3.12 bits per heavy atom. The average Bonchev–Trinajstić information content (AvgIpc) is 2.38. The van der Waals surface area contributed by atoms with Gasteiger partial charge in [0.25, 0.3) is 0 Å². The molecule has 0 spiro atoms. The van der Waals surface area contributed by atoms with E-state index in [9.17, 15) is 0 Å². The van der Waals surface area contributed by atoms with Crippen molar-refractivity contribution in [2.24, 2.45) is 5.84 Å². The molecule has 2 heterocycles. The van der Waals surface area contributed by atoms with Crippen molar-refractivity contribution in [2.45, 2.75) is 26.4 Å². The fraction of sp³-hybridized carbons (Fsp3) is 0.636. The first-order chi connectivity index (χ1) is 8.35. The number of anilines is 1. The van der Waals surface area contributed by atoms with E-state index in [2.05, 4.69) is 15.4 Å². The summed E-state index contributed by atoms with van der Waals surface area (Å²) in [7, 11) is 0. The van der Waals surface area contributed by atoms with Crippen molar-refractivity contribution in [2.75, 3.05) is 25.2 Å². The van der Waals surface area contributed by atoms with Gasteiger partial charge in [0.05, 0.1) is 25.5 Å². The van der Waals surface area contributed by atoms with Crippen LogP contribution in [0.5, 0.6) is 0 Å². The Hall–Kier alpha value is -1.24. The minimum absolute atomic E-state index is 0.528. The quantitative estimate of drug-likeness (QED) is 0.439. The second-order valence-corrected chi connectivity index (χ2v) is 3.81. The minimum Gasteiger partial charge on any atom is -0.381 e. The predicted molar refractivity (Wildman–Crippen MR) is 63.4 cm³/mol. The van der Waals surface area contributed by atoms with Crippen molar-refractivity contribution >= 4 is 5.82 Å². The number of hydrogen-bond acceptors (Lipinski definition) is 6. The second kappa shape index (κ2) is 5.90. The van der Waals surface area contributed by atoms with Gasteiger partial charge in [-0.3, -0.25) is 0 Å². The van der Waals surface area contributed by atoms with Crippen LogP contribution >= 0.6 is 0 Å². The molecule has 17 heavy (non-hydrogen) atoms. The highest BCUT2D eigenvalue weighted by molar-refractivity contribution is 5.46. The Balaban J connectivity index is 2.17. The average molecular weight is 238 g/mol. The molecular weight excluding hydrogens is 220 g/mol. The Bertz CT molecular complexity index is 367. The summed E-state index contributed by atoms with van der Waals surface area (Å²) in [6, 6.07) is 0. The molecule has 0 saturated heterocycles. The lowest BCUT2D eigenvalue weighted by Crippen LogP contribution is -2.20. The smallest absolute Gasteiger partial charge is 0.149 e. The number of nitrogen functional groups attached to an aromatic ring is 1. The van der Waals surface area contributed by atoms with E-state index in [4.69, 9.17) is 15.3 Å². The summed E-state index contributed by atoms with van der Waals surface area (Å²) >= 11 is 0. The number of fused-ring (bicyclic) bond motifs is 1. The van der Waals surface area contributed by atoms with Gasteiger partial charge in [-0.1, -0.05) is 0 Å². The number of nitrogens with two attached hydrogens (primary N) is 1. The lowest BCUT2D eigenvalue weighted by atomic mass is 10.1. The molecule has 6 nitrogen and oxygen atoms in total. The molecule has 94 valence electrons. The third-order valence-corrected chi connectivity index (χ3v) is 2.68. The number of nitrogens with zero attached hydrogens (tertiary/aromatic N) is 2. The zero-order chi connectivity index (χ0) is 12.1. The minimum atomic E-state index is 0.528. The highest BCUT2D eigenvalue weighted by Gasteiger charge is 2.17. The normalized spacial score (nSPS) is 14.5. The van der Waals surface area contributed by atoms with Crippen molar-refractivity contribution in [3.05, 3.63) is 17.1 Å². The van der Waals surface area contributed by atoms with Gasteiger partial charge in [0.1, 0.15) is 11.6 Å². The van der Waals surface area contributed by atoms with Gasteiger partial charge in [0, 0.05) is 25.0 Å². The van der Waals surface area contributed by atoms with Crippen LogP contribution in [0.1, 0.15) is 24.0 Å². The molecule has 3 N–H and O–H groups in total. The molecule has 0 fully saturated rings. The van der Waals surface area contributed by atoms with Crippen molar-refractivity contribution in [3.8, 4) is 0 Å². The summed E-state index contributed by atoms with van der Waals surface area (Å²) in [5.74, 6) is 6.91. The highest BCUT2D eigenvalue weighted by Crippen LogP contribution is 2.21. The maximum Gasteiger partial charge on any atom is 0.149 e. The Morgan fingerprint density at radius 2 is 2.35 bits per heavy atom. The van der Waals surface area contributed by atoms with E-state index >= 15 is 0 Å². The largest absolute Gasteiger partial charge is 0.381 e. The van der Waals surface area contributed by atoms with Gasteiger partial charge in [0.2, 0.25) is 0 Å². The topological polar surface area (TPSA) is 82.3 Å². The summed E-state index contributed by atoms with van der Waals surface area (Å²) in [4.78, 5) is 8.90. The highest BCUT2D eigenvalue weighted by atomic mass is 16.5. The third-order valence-electron chi connectivity index (χ3n) is 2.68. The zero-order valence-corrected chi connectivity index (χ0v) is 10.0. The summed E-state index contributed by atoms with van der Waals surface area (Å²) in [6.07, 6.45) is 1.52. The number of nitrogens with one attached hydrogen (secondary N) is 1. The summed E-state index contributed by atoms with van der Waals surface area (Å²) < 4.78 is 10.7. The molecule has 6 heteroatoms. The van der Waals surface area contributed by atoms with E-state index in [0.717, 1.165) is 23.5 Å². The third kappa shape index (κ3) is 2.91. The summed E-state index contributed by atoms with van der Waals surface area (Å²) in [6.45, 7) is 4.55. The van der Waals surface area contributed by atoms with Crippen molar-refractivity contribution in [3.63, 3.8) is 0 Å². The van der Waals surface area contributed by atoms with E-state index in [1.54, 1.807) is 0 Å². The molecular formula is C11H18N4O2. The van der Waals surface area contributed by atoms with Crippen LogP contribution in [0.25, 0.3) is 0 Å². The zero-order valence-electron chi connectivity index (χ0n) is 10.0. The Labute approximate surface area is 101 Å². The monoisotopic (exact) mass is 238 g/mol. The van der Waals surface area contributed by atoms with Crippen LogP contribution in [-0.2, 0) is 28.9 Å². The van der Waals surface area contributed by atoms with Crippen molar-refractivity contribution < 1.29 is 9.47 Å². The fourth-order valence-corrected chi connectivity index (χ4v) is 1.82. The molecule has 0 atom stereocenters. The summed E-state index contributed by atoms with van der Waals surface area (Å²) in [5.41, 5.74) is 4.62. The molecule has 1 aromatic heterocycles. The Morgan fingerprint density at radius 1 is 1.47 bits per heavy atom. The van der Waals surface area contributed by atoms with Gasteiger partial charge in [-0.15, -0.1) is 0 Å². The number of hydrogen-bond donors (Lipinski definition) is 2. The maximum atomic E-state index is 5.47. The van der Waals surface area contributed by atoms with Gasteiger partial charge >= 0.3 is 0 Å². The van der Waals surface area contributed by atoms with Gasteiger partial charge in [0.15, 0.2) is 0 Å². The molecule has 1 aromatic rings. The number of ether oxygens (including phenoxy) is 2. The van der Waals surface area contributed by atoms with E-state index in [0.29, 0.717) is 38.7 Å². The van der Waals surface area contributed by atoms with E-state index in [1.165, 1.54) is 0 Å². The van der Waals surface area contributed by atoms with Gasteiger partial charge in [-0.2, -0.15) is 0 Å². The molecule has 2 rings (SSSR count). The molecule has 0 saturated carbocycles. The van der Waals surface area contributed by atoms with Crippen LogP contribution < -0.4 is 11.3 Å². The first-order valence-electron chi connectivity index (χ1n) is 5.86. The van der Waals surface area contributed by atoms with Crippen LogP contribution in [0.2, 0.25) is 0 Å². The fourth-order valence-electron chi connectivity index (χ4n) is 1.82. The molecule has 1 aliphatic heterocycles. The van der Waals surface area contributed by atoms with E-state index in [-0.39, 0.29) is 0 Å². The van der Waals surface area contributed by atoms with Crippen molar-refractivity contribution in [1.29, 1.82) is 0 Å². The lowest BCUT2D eigenvalue weighted by molar-refractivity contribution is 0.109. The van der Waals surface area contributed by atoms with Crippen molar-refractivity contribution in [1.82, 2.24) is 9.97 Å². The Kier molecular flexibility index (Phi) is 4.24. The van der Waals surface area contributed by atoms with E-state index < -0.39 is 0 Å². The molecule has 0 bridgehead atoms. The maximum absolute atomic E-state index is 5.47. The number of aromatic nitrogens is 2. The molecule has 0 aromatic carbocycles. The van der Waals surface area contributed by atoms with Crippen LogP contribution in [-0.4, -0.2) is 29.8 Å². The molecule has 1 aliphatic rings. The standard InChI is InChI=1S/C11H18N4O2/c1-2-16-6-4-10-13-9-3-5-17-7-8(9)11(14-10)15-12/h2-7,12H2,1H3,(H,13,14,15). The van der Waals surface area contributed by atoms with Gasteiger partial charge in [-0.05, 0) is 6.92 Å². The van der Waals surface area contributed by atoms with Gasteiger partial charge < -0.3 is 14.9 Å². The number of hydrazine groups is 1.